The molecule has 0 aromatic carbocycles. The molecule has 2 rings (SSSR count). The Morgan fingerprint density at radius 2 is 2.00 bits per heavy atom. The van der Waals surface area contributed by atoms with E-state index in [1.807, 2.05) is 6.92 Å². The molecule has 1 heterocycles. The summed E-state index contributed by atoms with van der Waals surface area (Å²) in [4.78, 5) is 8.25. The monoisotopic (exact) mass is 251 g/mol. The molecule has 100 valence electrons. The SMILES string of the molecule is Cc1c(NN)ncnc1NCC1(CO)CCCC1. The van der Waals surface area contributed by atoms with Crippen molar-refractivity contribution in [2.75, 3.05) is 23.9 Å². The predicted molar refractivity (Wildman–Crippen MR) is 71.1 cm³/mol. The van der Waals surface area contributed by atoms with E-state index in [9.17, 15) is 5.11 Å². The average Bonchev–Trinajstić information content (AvgIpc) is 2.87. The van der Waals surface area contributed by atoms with Gasteiger partial charge in [-0.05, 0) is 19.8 Å². The minimum Gasteiger partial charge on any atom is -0.396 e. The number of nitrogens with one attached hydrogen (secondary N) is 2. The molecule has 0 spiro atoms. The molecule has 1 aliphatic carbocycles. The Labute approximate surface area is 107 Å². The number of rotatable bonds is 5. The third-order valence-corrected chi connectivity index (χ3v) is 3.85. The maximum Gasteiger partial charge on any atom is 0.148 e. The van der Waals surface area contributed by atoms with Crippen molar-refractivity contribution in [3.8, 4) is 0 Å². The summed E-state index contributed by atoms with van der Waals surface area (Å²) in [6.07, 6.45) is 6.01. The van der Waals surface area contributed by atoms with Gasteiger partial charge < -0.3 is 15.8 Å². The van der Waals surface area contributed by atoms with Gasteiger partial charge in [0.05, 0.1) is 6.61 Å². The molecular weight excluding hydrogens is 230 g/mol. The zero-order valence-corrected chi connectivity index (χ0v) is 10.7. The van der Waals surface area contributed by atoms with Gasteiger partial charge in [-0.2, -0.15) is 0 Å². The fourth-order valence-corrected chi connectivity index (χ4v) is 2.56. The molecule has 0 bridgehead atoms. The van der Waals surface area contributed by atoms with Crippen LogP contribution in [0.25, 0.3) is 0 Å². The Hall–Kier alpha value is -1.40. The molecular formula is C12H21N5O. The van der Waals surface area contributed by atoms with E-state index < -0.39 is 0 Å². The van der Waals surface area contributed by atoms with Crippen LogP contribution in [0.2, 0.25) is 0 Å². The number of anilines is 2. The molecule has 6 nitrogen and oxygen atoms in total. The van der Waals surface area contributed by atoms with Crippen LogP contribution in [-0.2, 0) is 0 Å². The highest BCUT2D eigenvalue weighted by Gasteiger charge is 2.33. The summed E-state index contributed by atoms with van der Waals surface area (Å²) in [6.45, 7) is 2.88. The lowest BCUT2D eigenvalue weighted by Gasteiger charge is -2.27. The lowest BCUT2D eigenvalue weighted by molar-refractivity contribution is 0.142. The molecule has 0 amide bonds. The number of aliphatic hydroxyl groups is 1. The van der Waals surface area contributed by atoms with Crippen molar-refractivity contribution >= 4 is 11.6 Å². The van der Waals surface area contributed by atoms with Crippen molar-refractivity contribution in [2.45, 2.75) is 32.6 Å². The lowest BCUT2D eigenvalue weighted by Crippen LogP contribution is -2.31. The summed E-state index contributed by atoms with van der Waals surface area (Å²) in [5, 5.41) is 12.9. The number of hydrazine groups is 1. The number of aromatic nitrogens is 2. The van der Waals surface area contributed by atoms with Gasteiger partial charge in [-0.3, -0.25) is 0 Å². The van der Waals surface area contributed by atoms with Crippen LogP contribution < -0.4 is 16.6 Å². The third-order valence-electron chi connectivity index (χ3n) is 3.85. The van der Waals surface area contributed by atoms with Gasteiger partial charge in [0.25, 0.3) is 0 Å². The Morgan fingerprint density at radius 1 is 1.33 bits per heavy atom. The first-order valence-corrected chi connectivity index (χ1v) is 6.34. The fourth-order valence-electron chi connectivity index (χ4n) is 2.56. The van der Waals surface area contributed by atoms with Crippen molar-refractivity contribution in [2.24, 2.45) is 11.3 Å². The quantitative estimate of drug-likeness (QED) is 0.461. The summed E-state index contributed by atoms with van der Waals surface area (Å²) in [6, 6.07) is 0. The molecule has 0 saturated heterocycles. The highest BCUT2D eigenvalue weighted by atomic mass is 16.3. The molecule has 5 N–H and O–H groups in total. The van der Waals surface area contributed by atoms with Crippen LogP contribution in [-0.4, -0.2) is 28.2 Å². The zero-order chi connectivity index (χ0) is 13.0. The summed E-state index contributed by atoms with van der Waals surface area (Å²) >= 11 is 0. The van der Waals surface area contributed by atoms with E-state index in [2.05, 4.69) is 20.7 Å². The Balaban J connectivity index is 2.05. The molecule has 1 aromatic rings. The molecule has 0 radical (unpaired) electrons. The molecule has 1 saturated carbocycles. The number of hydrogen-bond acceptors (Lipinski definition) is 6. The maximum absolute atomic E-state index is 9.56. The minimum absolute atomic E-state index is 0.00764. The van der Waals surface area contributed by atoms with Crippen LogP contribution in [0.4, 0.5) is 11.6 Å². The highest BCUT2D eigenvalue weighted by molar-refractivity contribution is 5.55. The lowest BCUT2D eigenvalue weighted by atomic mass is 9.87. The molecule has 18 heavy (non-hydrogen) atoms. The van der Waals surface area contributed by atoms with Gasteiger partial charge in [0.15, 0.2) is 0 Å². The van der Waals surface area contributed by atoms with Crippen molar-refractivity contribution in [3.05, 3.63) is 11.9 Å². The summed E-state index contributed by atoms with van der Waals surface area (Å²) in [5.41, 5.74) is 3.45. The van der Waals surface area contributed by atoms with Gasteiger partial charge in [0.2, 0.25) is 0 Å². The number of nitrogen functional groups attached to an aromatic ring is 1. The summed E-state index contributed by atoms with van der Waals surface area (Å²) in [5.74, 6) is 6.78. The van der Waals surface area contributed by atoms with E-state index in [1.54, 1.807) is 0 Å². The van der Waals surface area contributed by atoms with Crippen LogP contribution in [0.5, 0.6) is 0 Å². The first kappa shape index (κ1) is 13.0. The Bertz CT molecular complexity index is 403. The van der Waals surface area contributed by atoms with Crippen molar-refractivity contribution in [3.63, 3.8) is 0 Å². The number of nitrogens with two attached hydrogens (primary N) is 1. The fraction of sp³-hybridized carbons (Fsp3) is 0.667. The smallest absolute Gasteiger partial charge is 0.148 e. The van der Waals surface area contributed by atoms with Gasteiger partial charge in [0, 0.05) is 17.5 Å². The van der Waals surface area contributed by atoms with E-state index >= 15 is 0 Å². The largest absolute Gasteiger partial charge is 0.396 e. The van der Waals surface area contributed by atoms with Crippen molar-refractivity contribution < 1.29 is 5.11 Å². The van der Waals surface area contributed by atoms with E-state index in [0.29, 0.717) is 5.82 Å². The minimum atomic E-state index is 0.00764. The van der Waals surface area contributed by atoms with Crippen LogP contribution in [0.3, 0.4) is 0 Å². The van der Waals surface area contributed by atoms with Crippen molar-refractivity contribution in [1.29, 1.82) is 0 Å². The number of aliphatic hydroxyl groups excluding tert-OH is 1. The van der Waals surface area contributed by atoms with Crippen molar-refractivity contribution in [1.82, 2.24) is 9.97 Å². The Morgan fingerprint density at radius 3 is 2.61 bits per heavy atom. The molecule has 0 unspecified atom stereocenters. The van der Waals surface area contributed by atoms with Gasteiger partial charge in [-0.25, -0.2) is 15.8 Å². The third kappa shape index (κ3) is 2.54. The van der Waals surface area contributed by atoms with Gasteiger partial charge in [-0.15, -0.1) is 0 Å². The second-order valence-corrected chi connectivity index (χ2v) is 5.06. The number of nitrogens with zero attached hydrogens (tertiary/aromatic N) is 2. The predicted octanol–water partition coefficient (Wildman–Crippen LogP) is 1.04. The molecule has 1 aromatic heterocycles. The summed E-state index contributed by atoms with van der Waals surface area (Å²) in [7, 11) is 0. The average molecular weight is 251 g/mol. The normalized spacial score (nSPS) is 17.7. The van der Waals surface area contributed by atoms with Crippen LogP contribution >= 0.6 is 0 Å². The van der Waals surface area contributed by atoms with Crippen LogP contribution in [0, 0.1) is 12.3 Å². The summed E-state index contributed by atoms with van der Waals surface area (Å²) < 4.78 is 0. The van der Waals surface area contributed by atoms with Crippen LogP contribution in [0.1, 0.15) is 31.2 Å². The maximum atomic E-state index is 9.56. The highest BCUT2D eigenvalue weighted by Crippen LogP contribution is 2.37. The number of hydrogen-bond donors (Lipinski definition) is 4. The van der Waals surface area contributed by atoms with Gasteiger partial charge in [-0.1, -0.05) is 12.8 Å². The first-order valence-electron chi connectivity index (χ1n) is 6.34. The molecule has 0 aliphatic heterocycles. The molecule has 1 fully saturated rings. The van der Waals surface area contributed by atoms with Crippen LogP contribution in [0.15, 0.2) is 6.33 Å². The Kier molecular flexibility index (Phi) is 3.98. The van der Waals surface area contributed by atoms with E-state index in [-0.39, 0.29) is 12.0 Å². The molecule has 6 heteroatoms. The van der Waals surface area contributed by atoms with E-state index in [1.165, 1.54) is 19.2 Å². The first-order chi connectivity index (χ1) is 8.71. The zero-order valence-electron chi connectivity index (χ0n) is 10.7. The van der Waals surface area contributed by atoms with Gasteiger partial charge in [0.1, 0.15) is 18.0 Å². The van der Waals surface area contributed by atoms with Gasteiger partial charge >= 0.3 is 0 Å². The second kappa shape index (κ2) is 5.49. The van der Waals surface area contributed by atoms with E-state index in [0.717, 1.165) is 30.8 Å². The standard InChI is InChI=1S/C12H21N5O/c1-9-10(15-8-16-11(9)17-13)14-6-12(7-18)4-2-3-5-12/h8,18H,2-7,13H2,1H3,(H2,14,15,16,17). The molecule has 1 aliphatic rings. The topological polar surface area (TPSA) is 96.1 Å². The van der Waals surface area contributed by atoms with E-state index in [4.69, 9.17) is 5.84 Å². The molecule has 0 atom stereocenters. The second-order valence-electron chi connectivity index (χ2n) is 5.06.